The average Bonchev–Trinajstić information content (AvgIpc) is 2.94. The van der Waals surface area contributed by atoms with Crippen molar-refractivity contribution in [3.63, 3.8) is 0 Å². The molecule has 0 atom stereocenters. The van der Waals surface area contributed by atoms with Crippen molar-refractivity contribution in [2.45, 2.75) is 102 Å². The van der Waals surface area contributed by atoms with Gasteiger partial charge >= 0.3 is 34.5 Å². The fourth-order valence-corrected chi connectivity index (χ4v) is 5.51. The topological polar surface area (TPSA) is 83.8 Å². The second-order valence-electron chi connectivity index (χ2n) is 10.2. The number of ether oxygens (including phenoxy) is 1. The predicted molar refractivity (Wildman–Crippen MR) is 156 cm³/mol. The second-order valence-corrected chi connectivity index (χ2v) is 14.8. The van der Waals surface area contributed by atoms with E-state index in [1.807, 2.05) is 6.20 Å². The van der Waals surface area contributed by atoms with E-state index < -0.39 is 15.1 Å². The van der Waals surface area contributed by atoms with Gasteiger partial charge in [0.2, 0.25) is 0 Å². The molecule has 2 N–H and O–H groups in total. The van der Waals surface area contributed by atoms with Crippen LogP contribution in [0.25, 0.3) is 22.4 Å². The van der Waals surface area contributed by atoms with E-state index in [0.717, 1.165) is 44.8 Å². The fraction of sp³-hybridized carbons (Fsp3) is 0.690. The minimum absolute atomic E-state index is 0. The Morgan fingerprint density at radius 2 is 1.63 bits per heavy atom. The maximum Gasteiger partial charge on any atom is 0 e. The third-order valence-electron chi connectivity index (χ3n) is 7.63. The summed E-state index contributed by atoms with van der Waals surface area (Å²) in [6.07, 6.45) is 21.8. The molecule has 1 saturated heterocycles. The number of nitrogens with two attached hydrogens (primary N) is 1. The molecule has 208 valence electrons. The van der Waals surface area contributed by atoms with Crippen LogP contribution in [0.15, 0.2) is 30.5 Å². The zero-order chi connectivity index (χ0) is 25.4. The molecular formula is C29H45Cl2N4OZn2-3. The second kappa shape index (κ2) is 21.8. The van der Waals surface area contributed by atoms with E-state index in [-0.39, 0.29) is 25.6 Å². The van der Waals surface area contributed by atoms with Crippen LogP contribution in [0, 0.1) is 0 Å². The number of pyridine rings is 1. The summed E-state index contributed by atoms with van der Waals surface area (Å²) in [6.45, 7) is 5.95. The van der Waals surface area contributed by atoms with Crippen LogP contribution < -0.4 is 0 Å². The monoisotopic (exact) mass is 663 g/mol. The molecule has 0 spiro atoms. The Labute approximate surface area is 260 Å². The van der Waals surface area contributed by atoms with Gasteiger partial charge in [0.15, 0.2) is 0 Å². The molecule has 3 heterocycles. The smallest absolute Gasteiger partial charge is 0 e. The summed E-state index contributed by atoms with van der Waals surface area (Å²) in [5, 5.41) is 8.88. The van der Waals surface area contributed by atoms with Gasteiger partial charge in [-0.2, -0.15) is 6.20 Å². The van der Waals surface area contributed by atoms with Crippen LogP contribution in [0.5, 0.6) is 0 Å². The molecule has 2 aliphatic heterocycles. The standard InChI is InChI=1S/C29H43N3O.2ClH.H2N.2Zn/c1-2-3-4-5-6-7-20-33-27-10-8-23(9-11-27)26-21-28(24-12-16-30-17-13-24)32-29(22-26)25-14-18-31-19-15-25;;;;;/h12-13,16,21-23,25,27H,2-11,14-15,17-20H2,1H3;2*1H;1H2;;/q-2;;;-1;;+2/p-2. The van der Waals surface area contributed by atoms with Gasteiger partial charge in [0.05, 0.1) is 11.8 Å². The number of halogens is 2. The predicted octanol–water partition coefficient (Wildman–Crippen LogP) is 10.1. The van der Waals surface area contributed by atoms with Gasteiger partial charge in [-0.15, -0.1) is 19.6 Å². The Kier molecular flexibility index (Phi) is 20.8. The molecule has 0 radical (unpaired) electrons. The molecule has 1 aromatic rings. The van der Waals surface area contributed by atoms with Crippen LogP contribution in [0.4, 0.5) is 0 Å². The SMILES string of the molecule is CCCCCCCCOC1CCC(c2cc(C3=CC[N-]C=C3)nc(C3CC[N-]CC3)c2)CC1.[Cl][Zn][Cl].[NH2-].[Zn]. The number of allylic oxidation sites excluding steroid dienone is 2. The van der Waals surface area contributed by atoms with E-state index in [2.05, 4.69) is 41.8 Å². The normalized spacial score (nSPS) is 21.0. The van der Waals surface area contributed by atoms with E-state index in [9.17, 15) is 0 Å². The number of hydrogen-bond acceptors (Lipinski definition) is 2. The van der Waals surface area contributed by atoms with E-state index in [1.54, 1.807) is 0 Å². The van der Waals surface area contributed by atoms with Gasteiger partial charge in [0.1, 0.15) is 0 Å². The van der Waals surface area contributed by atoms with Crippen molar-refractivity contribution >= 4 is 25.0 Å². The van der Waals surface area contributed by atoms with Gasteiger partial charge in [-0.3, -0.25) is 4.98 Å². The van der Waals surface area contributed by atoms with Crippen molar-refractivity contribution in [2.24, 2.45) is 0 Å². The van der Waals surface area contributed by atoms with Crippen molar-refractivity contribution in [1.82, 2.24) is 4.98 Å². The molecule has 1 aliphatic carbocycles. The molecular weight excluding hydrogens is 622 g/mol. The summed E-state index contributed by atoms with van der Waals surface area (Å²) < 4.78 is 6.26. The minimum atomic E-state index is -0.931. The Hall–Kier alpha value is 0.137. The van der Waals surface area contributed by atoms with E-state index >= 15 is 0 Å². The zero-order valence-electron chi connectivity index (χ0n) is 23.4. The third-order valence-corrected chi connectivity index (χ3v) is 7.63. The number of rotatable bonds is 11. The summed E-state index contributed by atoms with van der Waals surface area (Å²) in [7, 11) is 9.90. The zero-order valence-corrected chi connectivity index (χ0v) is 30.9. The molecule has 4 rings (SSSR count). The summed E-state index contributed by atoms with van der Waals surface area (Å²) in [4.78, 5) is 5.14. The molecule has 5 nitrogen and oxygen atoms in total. The molecule has 9 heteroatoms. The number of piperidine rings is 1. The first-order valence-corrected chi connectivity index (χ1v) is 22.0. The first kappa shape index (κ1) is 36.2. The molecule has 0 amide bonds. The third kappa shape index (κ3) is 12.8. The van der Waals surface area contributed by atoms with Crippen LogP contribution in [-0.2, 0) is 39.4 Å². The molecule has 1 aromatic heterocycles. The van der Waals surface area contributed by atoms with Gasteiger partial charge < -0.3 is 21.5 Å². The van der Waals surface area contributed by atoms with Crippen molar-refractivity contribution in [3.8, 4) is 0 Å². The largest absolute Gasteiger partial charge is 0.693 e. The van der Waals surface area contributed by atoms with Crippen LogP contribution in [0.2, 0.25) is 0 Å². The van der Waals surface area contributed by atoms with Gasteiger partial charge in [-0.1, -0.05) is 64.0 Å². The molecule has 3 aliphatic rings. The molecule has 0 aromatic carbocycles. The summed E-state index contributed by atoms with van der Waals surface area (Å²) >= 11 is -0.931. The van der Waals surface area contributed by atoms with Crippen molar-refractivity contribution < 1.29 is 39.4 Å². The Balaban J connectivity index is 0.00000138. The Morgan fingerprint density at radius 1 is 0.947 bits per heavy atom. The molecule has 0 bridgehead atoms. The number of hydrogen-bond donors (Lipinski definition) is 0. The summed E-state index contributed by atoms with van der Waals surface area (Å²) in [5.41, 5.74) is 5.14. The van der Waals surface area contributed by atoms with Gasteiger partial charge in [0.25, 0.3) is 0 Å². The average molecular weight is 667 g/mol. The van der Waals surface area contributed by atoms with Crippen molar-refractivity contribution in [3.05, 3.63) is 64.2 Å². The Morgan fingerprint density at radius 3 is 2.29 bits per heavy atom. The maximum absolute atomic E-state index is 6.26. The first-order chi connectivity index (χ1) is 17.7. The molecule has 1 saturated carbocycles. The quantitative estimate of drug-likeness (QED) is 0.174. The van der Waals surface area contributed by atoms with Crippen LogP contribution in [-0.4, -0.2) is 37.3 Å². The number of aromatic nitrogens is 1. The van der Waals surface area contributed by atoms with Crippen LogP contribution in [0.3, 0.4) is 0 Å². The van der Waals surface area contributed by atoms with E-state index in [1.165, 1.54) is 81.0 Å². The van der Waals surface area contributed by atoms with Crippen LogP contribution >= 0.6 is 19.4 Å². The van der Waals surface area contributed by atoms with Crippen molar-refractivity contribution in [2.75, 3.05) is 26.2 Å². The number of nitrogens with zero attached hydrogens (tertiary/aromatic N) is 3. The summed E-state index contributed by atoms with van der Waals surface area (Å²) in [6, 6.07) is 4.79. The van der Waals surface area contributed by atoms with Gasteiger partial charge in [0, 0.05) is 31.8 Å². The van der Waals surface area contributed by atoms with E-state index in [0.29, 0.717) is 17.9 Å². The fourth-order valence-electron chi connectivity index (χ4n) is 5.51. The molecule has 0 unspecified atom stereocenters. The molecule has 38 heavy (non-hydrogen) atoms. The first-order valence-electron chi connectivity index (χ1n) is 14.2. The van der Waals surface area contributed by atoms with E-state index in [4.69, 9.17) is 29.1 Å². The Bertz CT molecular complexity index is 814. The number of unbranched alkanes of at least 4 members (excludes halogenated alkanes) is 5. The van der Waals surface area contributed by atoms with Crippen molar-refractivity contribution in [1.29, 1.82) is 0 Å². The maximum atomic E-state index is 6.26. The van der Waals surface area contributed by atoms with Gasteiger partial charge in [-0.25, -0.2) is 0 Å². The summed E-state index contributed by atoms with van der Waals surface area (Å²) in [5.74, 6) is 1.18. The molecule has 2 fully saturated rings. The van der Waals surface area contributed by atoms with Crippen LogP contribution in [0.1, 0.15) is 113 Å². The van der Waals surface area contributed by atoms with Gasteiger partial charge in [-0.05, 0) is 67.2 Å². The minimum Gasteiger partial charge on any atom is -0.693 e.